The van der Waals surface area contributed by atoms with Crippen molar-refractivity contribution in [1.82, 2.24) is 5.32 Å². The monoisotopic (exact) mass is 316 g/mol. The lowest BCUT2D eigenvalue weighted by molar-refractivity contribution is -0.137. The van der Waals surface area contributed by atoms with Crippen LogP contribution in [0.5, 0.6) is 0 Å². The highest BCUT2D eigenvalue weighted by Gasteiger charge is 2.53. The van der Waals surface area contributed by atoms with E-state index in [-0.39, 0.29) is 17.4 Å². The standard InChI is InChI=1S/C18H24N2O3/c1-17(2,9-10-21)11-19-15(22)16(23)20-12-18(7-8-18)13-5-3-4-6-14(13)20/h3-6,21H,7-12H2,1-2H3,(H,19,22). The van der Waals surface area contributed by atoms with E-state index in [1.807, 2.05) is 32.0 Å². The number of anilines is 1. The number of amides is 2. The summed E-state index contributed by atoms with van der Waals surface area (Å²) < 4.78 is 0. The molecular weight excluding hydrogens is 292 g/mol. The summed E-state index contributed by atoms with van der Waals surface area (Å²) in [7, 11) is 0. The van der Waals surface area contributed by atoms with Gasteiger partial charge in [-0.1, -0.05) is 32.0 Å². The Labute approximate surface area is 136 Å². The number of nitrogens with one attached hydrogen (secondary N) is 1. The Morgan fingerprint density at radius 3 is 2.65 bits per heavy atom. The molecular formula is C18H24N2O3. The van der Waals surface area contributed by atoms with Crippen LogP contribution in [-0.2, 0) is 15.0 Å². The van der Waals surface area contributed by atoms with E-state index in [2.05, 4.69) is 11.4 Å². The van der Waals surface area contributed by atoms with Crippen molar-refractivity contribution in [3.05, 3.63) is 29.8 Å². The molecule has 2 amide bonds. The second kappa shape index (κ2) is 5.64. The molecule has 0 radical (unpaired) electrons. The molecule has 124 valence electrons. The van der Waals surface area contributed by atoms with Gasteiger partial charge in [0.25, 0.3) is 0 Å². The van der Waals surface area contributed by atoms with E-state index >= 15 is 0 Å². The SMILES string of the molecule is CC(C)(CCO)CNC(=O)C(=O)N1CC2(CC2)c2ccccc21. The highest BCUT2D eigenvalue weighted by Crippen LogP contribution is 2.56. The second-order valence-corrected chi connectivity index (χ2v) is 7.51. The molecule has 2 aliphatic rings. The fraction of sp³-hybridized carbons (Fsp3) is 0.556. The number of carbonyl (C=O) groups is 2. The van der Waals surface area contributed by atoms with Gasteiger partial charge in [0.05, 0.1) is 0 Å². The number of carbonyl (C=O) groups excluding carboxylic acids is 2. The molecule has 0 bridgehead atoms. The molecule has 1 aliphatic carbocycles. The van der Waals surface area contributed by atoms with Crippen LogP contribution < -0.4 is 10.2 Å². The van der Waals surface area contributed by atoms with Gasteiger partial charge in [-0.25, -0.2) is 0 Å². The summed E-state index contributed by atoms with van der Waals surface area (Å²) in [5.41, 5.74) is 1.93. The van der Waals surface area contributed by atoms with Crippen LogP contribution >= 0.6 is 0 Å². The van der Waals surface area contributed by atoms with Crippen LogP contribution in [0.3, 0.4) is 0 Å². The average Bonchev–Trinajstić information content (AvgIpc) is 3.22. The number of para-hydroxylation sites is 1. The molecule has 1 spiro atoms. The predicted molar refractivity (Wildman–Crippen MR) is 88.2 cm³/mol. The van der Waals surface area contributed by atoms with Crippen LogP contribution in [0.2, 0.25) is 0 Å². The first kappa shape index (κ1) is 16.0. The molecule has 1 aliphatic heterocycles. The number of aliphatic hydroxyl groups is 1. The van der Waals surface area contributed by atoms with Gasteiger partial charge in [-0.2, -0.15) is 0 Å². The van der Waals surface area contributed by atoms with Gasteiger partial charge in [0.2, 0.25) is 0 Å². The molecule has 1 fully saturated rings. The molecule has 1 heterocycles. The van der Waals surface area contributed by atoms with E-state index in [1.54, 1.807) is 4.90 Å². The minimum absolute atomic E-state index is 0.0683. The van der Waals surface area contributed by atoms with Gasteiger partial charge in [-0.05, 0) is 36.3 Å². The minimum atomic E-state index is -0.566. The van der Waals surface area contributed by atoms with Gasteiger partial charge < -0.3 is 15.3 Å². The number of benzene rings is 1. The Hall–Kier alpha value is -1.88. The van der Waals surface area contributed by atoms with Gasteiger partial charge in [-0.15, -0.1) is 0 Å². The molecule has 1 aromatic carbocycles. The topological polar surface area (TPSA) is 69.6 Å². The number of nitrogens with zero attached hydrogens (tertiary/aromatic N) is 1. The fourth-order valence-electron chi connectivity index (χ4n) is 3.30. The quantitative estimate of drug-likeness (QED) is 0.829. The summed E-state index contributed by atoms with van der Waals surface area (Å²) in [6, 6.07) is 7.88. The van der Waals surface area contributed by atoms with Crippen LogP contribution in [0.25, 0.3) is 0 Å². The largest absolute Gasteiger partial charge is 0.396 e. The third-order valence-electron chi connectivity index (χ3n) is 5.04. The van der Waals surface area contributed by atoms with E-state index < -0.39 is 11.8 Å². The van der Waals surface area contributed by atoms with Crippen LogP contribution in [0.1, 0.15) is 38.7 Å². The third-order valence-corrected chi connectivity index (χ3v) is 5.04. The van der Waals surface area contributed by atoms with Gasteiger partial charge >= 0.3 is 11.8 Å². The fourth-order valence-corrected chi connectivity index (χ4v) is 3.30. The van der Waals surface area contributed by atoms with Crippen LogP contribution in [0, 0.1) is 5.41 Å². The molecule has 0 aromatic heterocycles. The summed E-state index contributed by atoms with van der Waals surface area (Å²) in [5.74, 6) is -1.05. The van der Waals surface area contributed by atoms with E-state index in [4.69, 9.17) is 5.11 Å². The summed E-state index contributed by atoms with van der Waals surface area (Å²) in [5, 5.41) is 11.8. The Morgan fingerprint density at radius 2 is 2.00 bits per heavy atom. The van der Waals surface area contributed by atoms with Crippen molar-refractivity contribution >= 4 is 17.5 Å². The van der Waals surface area contributed by atoms with Crippen molar-refractivity contribution in [2.24, 2.45) is 5.41 Å². The van der Waals surface area contributed by atoms with E-state index in [0.29, 0.717) is 19.5 Å². The van der Waals surface area contributed by atoms with Gasteiger partial charge in [-0.3, -0.25) is 9.59 Å². The Balaban J connectivity index is 1.68. The van der Waals surface area contributed by atoms with Gasteiger partial charge in [0.15, 0.2) is 0 Å². The lowest BCUT2D eigenvalue weighted by atomic mass is 9.90. The molecule has 0 atom stereocenters. The maximum atomic E-state index is 12.6. The molecule has 3 rings (SSSR count). The van der Waals surface area contributed by atoms with Crippen molar-refractivity contribution in [1.29, 1.82) is 0 Å². The van der Waals surface area contributed by atoms with Crippen LogP contribution in [0.15, 0.2) is 24.3 Å². The van der Waals surface area contributed by atoms with Gasteiger partial charge in [0, 0.05) is 30.8 Å². The first-order chi connectivity index (χ1) is 10.9. The summed E-state index contributed by atoms with van der Waals surface area (Å²) in [6.45, 7) is 4.97. The zero-order valence-electron chi connectivity index (χ0n) is 13.8. The molecule has 23 heavy (non-hydrogen) atoms. The Bertz CT molecular complexity index is 635. The van der Waals surface area contributed by atoms with E-state index in [9.17, 15) is 9.59 Å². The van der Waals surface area contributed by atoms with Crippen molar-refractivity contribution in [2.75, 3.05) is 24.6 Å². The number of aliphatic hydroxyl groups excluding tert-OH is 1. The van der Waals surface area contributed by atoms with Gasteiger partial charge in [0.1, 0.15) is 0 Å². The number of fused-ring (bicyclic) bond motifs is 2. The first-order valence-corrected chi connectivity index (χ1v) is 8.19. The zero-order chi connectivity index (χ0) is 16.7. The smallest absolute Gasteiger partial charge is 0.316 e. The molecule has 0 saturated heterocycles. The van der Waals surface area contributed by atoms with Crippen molar-refractivity contribution in [3.8, 4) is 0 Å². The number of rotatable bonds is 4. The van der Waals surface area contributed by atoms with E-state index in [1.165, 1.54) is 5.56 Å². The number of hydrogen-bond acceptors (Lipinski definition) is 3. The summed E-state index contributed by atoms with van der Waals surface area (Å²) >= 11 is 0. The third kappa shape index (κ3) is 2.98. The lowest BCUT2D eigenvalue weighted by Crippen LogP contribution is -2.45. The molecule has 1 aromatic rings. The van der Waals surface area contributed by atoms with Crippen molar-refractivity contribution in [3.63, 3.8) is 0 Å². The predicted octanol–water partition coefficient (Wildman–Crippen LogP) is 1.59. The second-order valence-electron chi connectivity index (χ2n) is 7.51. The Morgan fingerprint density at radius 1 is 1.30 bits per heavy atom. The van der Waals surface area contributed by atoms with E-state index in [0.717, 1.165) is 18.5 Å². The molecule has 2 N–H and O–H groups in total. The molecule has 5 heteroatoms. The lowest BCUT2D eigenvalue weighted by Gasteiger charge is -2.24. The van der Waals surface area contributed by atoms with Crippen LogP contribution in [0.4, 0.5) is 5.69 Å². The number of hydrogen-bond donors (Lipinski definition) is 2. The van der Waals surface area contributed by atoms with Crippen molar-refractivity contribution in [2.45, 2.75) is 38.5 Å². The summed E-state index contributed by atoms with van der Waals surface area (Å²) in [4.78, 5) is 26.4. The Kier molecular flexibility index (Phi) is 3.92. The minimum Gasteiger partial charge on any atom is -0.396 e. The average molecular weight is 316 g/mol. The molecule has 5 nitrogen and oxygen atoms in total. The van der Waals surface area contributed by atoms with Crippen molar-refractivity contribution < 1.29 is 14.7 Å². The normalized spacial score (nSPS) is 18.0. The zero-order valence-corrected chi connectivity index (χ0v) is 13.8. The first-order valence-electron chi connectivity index (χ1n) is 8.19. The highest BCUT2D eigenvalue weighted by atomic mass is 16.3. The molecule has 1 saturated carbocycles. The van der Waals surface area contributed by atoms with Crippen LogP contribution in [-0.4, -0.2) is 36.6 Å². The maximum absolute atomic E-state index is 12.6. The maximum Gasteiger partial charge on any atom is 0.316 e. The molecule has 0 unspecified atom stereocenters. The summed E-state index contributed by atoms with van der Waals surface area (Å²) in [6.07, 6.45) is 2.75. The highest BCUT2D eigenvalue weighted by molar-refractivity contribution is 6.40.